The number of aliphatic hydroxyl groups is 5. The fourth-order valence-corrected chi connectivity index (χ4v) is 3.60. The van der Waals surface area contributed by atoms with Crippen molar-refractivity contribution in [2.45, 2.75) is 17.7 Å². The van der Waals surface area contributed by atoms with Gasteiger partial charge >= 0.3 is 0 Å². The number of benzene rings is 3. The van der Waals surface area contributed by atoms with E-state index in [1.54, 1.807) is 55.6 Å². The summed E-state index contributed by atoms with van der Waals surface area (Å²) in [5, 5.41) is 53.3. The lowest BCUT2D eigenvalue weighted by Crippen LogP contribution is -2.58. The molecule has 3 aromatic rings. The highest BCUT2D eigenvalue weighted by atomic mass is 16.6. The molecule has 0 aromatic heterocycles. The van der Waals surface area contributed by atoms with E-state index in [9.17, 15) is 25.5 Å². The van der Waals surface area contributed by atoms with Crippen LogP contribution in [0.5, 0.6) is 5.75 Å². The molecule has 0 heterocycles. The second-order valence-corrected chi connectivity index (χ2v) is 6.46. The highest BCUT2D eigenvalue weighted by Gasteiger charge is 2.59. The maximum absolute atomic E-state index is 10.6. The molecule has 134 valence electrons. The fourth-order valence-electron chi connectivity index (χ4n) is 3.60. The van der Waals surface area contributed by atoms with Gasteiger partial charge in [0.2, 0.25) is 5.79 Å². The molecule has 0 radical (unpaired) electrons. The summed E-state index contributed by atoms with van der Waals surface area (Å²) in [6.07, 6.45) is -1.88. The van der Waals surface area contributed by atoms with Crippen LogP contribution in [0.25, 0.3) is 21.9 Å². The second kappa shape index (κ2) is 5.51. The largest absolute Gasteiger partial charge is 0.497 e. The summed E-state index contributed by atoms with van der Waals surface area (Å²) in [5.41, 5.74) is 1.21. The third-order valence-corrected chi connectivity index (χ3v) is 5.02. The Labute approximate surface area is 149 Å². The van der Waals surface area contributed by atoms with Crippen LogP contribution in [-0.2, 0) is 5.79 Å². The molecule has 6 heteroatoms. The molecule has 1 atom stereocenters. The summed E-state index contributed by atoms with van der Waals surface area (Å²) in [7, 11) is 1.54. The van der Waals surface area contributed by atoms with Crippen molar-refractivity contribution in [2.24, 2.45) is 0 Å². The Bertz CT molecular complexity index is 991. The van der Waals surface area contributed by atoms with Crippen molar-refractivity contribution in [1.82, 2.24) is 0 Å². The van der Waals surface area contributed by atoms with Crippen molar-refractivity contribution in [3.8, 4) is 16.9 Å². The number of ether oxygens (including phenoxy) is 1. The van der Waals surface area contributed by atoms with Crippen molar-refractivity contribution in [3.63, 3.8) is 0 Å². The molecule has 6 nitrogen and oxygen atoms in total. The average molecular weight is 354 g/mol. The Kier molecular flexibility index (Phi) is 3.59. The van der Waals surface area contributed by atoms with Crippen LogP contribution in [0.1, 0.15) is 17.2 Å². The van der Waals surface area contributed by atoms with E-state index in [4.69, 9.17) is 4.74 Å². The first-order chi connectivity index (χ1) is 12.3. The zero-order valence-corrected chi connectivity index (χ0v) is 13.9. The van der Waals surface area contributed by atoms with Crippen LogP contribution in [0.15, 0.2) is 54.6 Å². The van der Waals surface area contributed by atoms with Gasteiger partial charge < -0.3 is 30.3 Å². The standard InChI is InChI=1S/C20H18O6/c1-26-13-8-5-11(6-9-13)14-10-7-12-3-2-4-15-16(12)17(14)19(22,23)20(24,25)18(15)21/h2-10,18,21-25H,1H3/t18-/m1/s1. The second-order valence-electron chi connectivity index (χ2n) is 6.46. The van der Waals surface area contributed by atoms with Crippen molar-refractivity contribution in [1.29, 1.82) is 0 Å². The van der Waals surface area contributed by atoms with E-state index in [1.807, 2.05) is 0 Å². The Balaban J connectivity index is 2.10. The summed E-state index contributed by atoms with van der Waals surface area (Å²) in [4.78, 5) is 0. The van der Waals surface area contributed by atoms with Gasteiger partial charge in [0.1, 0.15) is 11.9 Å². The monoisotopic (exact) mass is 354 g/mol. The fraction of sp³-hybridized carbons (Fsp3) is 0.200. The third kappa shape index (κ3) is 2.11. The van der Waals surface area contributed by atoms with Crippen LogP contribution in [-0.4, -0.2) is 38.4 Å². The zero-order chi connectivity index (χ0) is 18.7. The lowest BCUT2D eigenvalue weighted by molar-refractivity contribution is -0.396. The van der Waals surface area contributed by atoms with Crippen molar-refractivity contribution >= 4 is 10.8 Å². The summed E-state index contributed by atoms with van der Waals surface area (Å²) < 4.78 is 5.14. The van der Waals surface area contributed by atoms with Gasteiger partial charge in [-0.1, -0.05) is 42.5 Å². The predicted octanol–water partition coefficient (Wildman–Crippen LogP) is 1.38. The molecule has 0 spiro atoms. The van der Waals surface area contributed by atoms with Gasteiger partial charge in [-0.25, -0.2) is 0 Å². The van der Waals surface area contributed by atoms with E-state index in [2.05, 4.69) is 0 Å². The van der Waals surface area contributed by atoms with Gasteiger partial charge in [-0.15, -0.1) is 0 Å². The molecular formula is C20H18O6. The minimum Gasteiger partial charge on any atom is -0.497 e. The van der Waals surface area contributed by atoms with Crippen LogP contribution in [0.4, 0.5) is 0 Å². The summed E-state index contributed by atoms with van der Waals surface area (Å²) in [6, 6.07) is 15.3. The third-order valence-electron chi connectivity index (χ3n) is 5.02. The van der Waals surface area contributed by atoms with Crippen molar-refractivity contribution < 1.29 is 30.3 Å². The maximum Gasteiger partial charge on any atom is 0.254 e. The Morgan fingerprint density at radius 2 is 1.58 bits per heavy atom. The lowest BCUT2D eigenvalue weighted by Gasteiger charge is -2.44. The molecule has 0 aliphatic heterocycles. The predicted molar refractivity (Wildman–Crippen MR) is 94.2 cm³/mol. The van der Waals surface area contributed by atoms with E-state index in [-0.39, 0.29) is 11.1 Å². The molecular weight excluding hydrogens is 336 g/mol. The summed E-state index contributed by atoms with van der Waals surface area (Å²) >= 11 is 0. The molecule has 0 saturated heterocycles. The van der Waals surface area contributed by atoms with E-state index in [0.29, 0.717) is 27.6 Å². The van der Waals surface area contributed by atoms with Crippen molar-refractivity contribution in [3.05, 3.63) is 65.7 Å². The van der Waals surface area contributed by atoms with Crippen LogP contribution in [0, 0.1) is 0 Å². The molecule has 0 saturated carbocycles. The first kappa shape index (κ1) is 17.0. The minimum absolute atomic E-state index is 0.0638. The number of rotatable bonds is 2. The van der Waals surface area contributed by atoms with Gasteiger partial charge in [0.25, 0.3) is 5.79 Å². The molecule has 3 aromatic carbocycles. The SMILES string of the molecule is COc1ccc(-c2ccc3cccc4c3c2C(O)(O)C(O)(O)[C@@H]4O)cc1. The van der Waals surface area contributed by atoms with Gasteiger partial charge in [-0.05, 0) is 39.6 Å². The highest BCUT2D eigenvalue weighted by molar-refractivity contribution is 5.96. The molecule has 0 bridgehead atoms. The van der Waals surface area contributed by atoms with Gasteiger partial charge in [-0.2, -0.15) is 0 Å². The van der Waals surface area contributed by atoms with Gasteiger partial charge in [-0.3, -0.25) is 0 Å². The number of hydrogen-bond donors (Lipinski definition) is 5. The van der Waals surface area contributed by atoms with Crippen LogP contribution in [0.2, 0.25) is 0 Å². The molecule has 1 aliphatic carbocycles. The zero-order valence-electron chi connectivity index (χ0n) is 13.9. The number of methoxy groups -OCH3 is 1. The Morgan fingerprint density at radius 1 is 0.885 bits per heavy atom. The van der Waals surface area contributed by atoms with Crippen LogP contribution in [0.3, 0.4) is 0 Å². The molecule has 0 amide bonds. The molecule has 0 unspecified atom stereocenters. The van der Waals surface area contributed by atoms with Crippen LogP contribution < -0.4 is 4.74 Å². The van der Waals surface area contributed by atoms with E-state index < -0.39 is 17.7 Å². The number of aliphatic hydroxyl groups excluding tert-OH is 1. The van der Waals surface area contributed by atoms with E-state index >= 15 is 0 Å². The smallest absolute Gasteiger partial charge is 0.254 e. The minimum atomic E-state index is -3.17. The molecule has 5 N–H and O–H groups in total. The van der Waals surface area contributed by atoms with Crippen molar-refractivity contribution in [2.75, 3.05) is 7.11 Å². The Morgan fingerprint density at radius 3 is 2.23 bits per heavy atom. The number of hydrogen-bond acceptors (Lipinski definition) is 6. The van der Waals surface area contributed by atoms with Gasteiger partial charge in [0, 0.05) is 5.56 Å². The normalized spacial score (nSPS) is 20.2. The highest BCUT2D eigenvalue weighted by Crippen LogP contribution is 2.51. The molecule has 1 aliphatic rings. The van der Waals surface area contributed by atoms with Crippen LogP contribution >= 0.6 is 0 Å². The summed E-state index contributed by atoms with van der Waals surface area (Å²) in [6.45, 7) is 0. The maximum atomic E-state index is 10.6. The topological polar surface area (TPSA) is 110 Å². The van der Waals surface area contributed by atoms with Gasteiger partial charge in [0.05, 0.1) is 7.11 Å². The summed E-state index contributed by atoms with van der Waals surface area (Å²) in [5.74, 6) is -5.61. The quantitative estimate of drug-likeness (QED) is 0.445. The first-order valence-corrected chi connectivity index (χ1v) is 8.07. The molecule has 26 heavy (non-hydrogen) atoms. The Hall–Kier alpha value is -2.48. The van der Waals surface area contributed by atoms with Gasteiger partial charge in [0.15, 0.2) is 0 Å². The molecule has 0 fully saturated rings. The van der Waals surface area contributed by atoms with E-state index in [0.717, 1.165) is 0 Å². The lowest BCUT2D eigenvalue weighted by atomic mass is 9.75. The average Bonchev–Trinajstić information content (AvgIpc) is 2.64. The molecule has 4 rings (SSSR count). The first-order valence-electron chi connectivity index (χ1n) is 8.07. The van der Waals surface area contributed by atoms with E-state index in [1.165, 1.54) is 6.07 Å².